The van der Waals surface area contributed by atoms with Crippen molar-refractivity contribution in [1.82, 2.24) is 9.88 Å². The maximum atomic E-state index is 13.4. The number of fused-ring (bicyclic) bond motifs is 1. The second-order valence-corrected chi connectivity index (χ2v) is 7.86. The maximum Gasteiger partial charge on any atom is 0.268 e. The topological polar surface area (TPSA) is 75.9 Å². The molecule has 2 amide bonds. The van der Waals surface area contributed by atoms with Crippen LogP contribution in [0.4, 0.5) is 5.69 Å². The van der Waals surface area contributed by atoms with Crippen molar-refractivity contribution in [1.29, 1.82) is 0 Å². The molecule has 4 rings (SSSR count). The first kappa shape index (κ1) is 20.7. The van der Waals surface area contributed by atoms with E-state index in [4.69, 9.17) is 9.15 Å². The molecular formula is C24H25N3O4. The summed E-state index contributed by atoms with van der Waals surface area (Å²) in [5.74, 6) is 0.885. The number of hydrogen-bond donors (Lipinski definition) is 0. The van der Waals surface area contributed by atoms with Gasteiger partial charge in [0, 0.05) is 18.9 Å². The van der Waals surface area contributed by atoms with Crippen LogP contribution in [0.15, 0.2) is 71.6 Å². The van der Waals surface area contributed by atoms with Crippen LogP contribution in [0.3, 0.4) is 0 Å². The van der Waals surface area contributed by atoms with Crippen LogP contribution in [0.1, 0.15) is 25.2 Å². The fraction of sp³-hybridized carbons (Fsp3) is 0.292. The fourth-order valence-corrected chi connectivity index (χ4v) is 3.59. The Labute approximate surface area is 181 Å². The predicted molar refractivity (Wildman–Crippen MR) is 115 cm³/mol. The largest absolute Gasteiger partial charge is 0.478 e. The van der Waals surface area contributed by atoms with E-state index < -0.39 is 6.10 Å². The lowest BCUT2D eigenvalue weighted by Gasteiger charge is -2.36. The zero-order valence-corrected chi connectivity index (χ0v) is 17.6. The first-order chi connectivity index (χ1) is 15.0. The number of ether oxygens (including phenoxy) is 1. The molecular weight excluding hydrogens is 394 g/mol. The molecule has 0 N–H and O–H groups in total. The van der Waals surface area contributed by atoms with Crippen LogP contribution in [0, 0.1) is 5.92 Å². The minimum absolute atomic E-state index is 0.0190. The number of aromatic nitrogens is 1. The molecule has 31 heavy (non-hydrogen) atoms. The van der Waals surface area contributed by atoms with Crippen molar-refractivity contribution in [3.63, 3.8) is 0 Å². The third-order valence-corrected chi connectivity index (χ3v) is 5.22. The monoisotopic (exact) mass is 419 g/mol. The highest BCUT2D eigenvalue weighted by molar-refractivity contribution is 6.04. The number of hydrogen-bond acceptors (Lipinski definition) is 5. The maximum absolute atomic E-state index is 13.4. The van der Waals surface area contributed by atoms with Gasteiger partial charge in [-0.25, -0.2) is 0 Å². The smallest absolute Gasteiger partial charge is 0.268 e. The van der Waals surface area contributed by atoms with E-state index in [2.05, 4.69) is 4.98 Å². The first-order valence-corrected chi connectivity index (χ1v) is 10.3. The molecule has 0 saturated heterocycles. The van der Waals surface area contributed by atoms with Crippen LogP contribution >= 0.6 is 0 Å². The quantitative estimate of drug-likeness (QED) is 0.584. The Hall–Kier alpha value is -3.61. The number of para-hydroxylation sites is 2. The van der Waals surface area contributed by atoms with Crippen molar-refractivity contribution >= 4 is 17.5 Å². The molecule has 1 atom stereocenters. The Bertz CT molecular complexity index is 1030. The Morgan fingerprint density at radius 3 is 2.58 bits per heavy atom. The summed E-state index contributed by atoms with van der Waals surface area (Å²) in [4.78, 5) is 33.8. The van der Waals surface area contributed by atoms with Gasteiger partial charge in [-0.05, 0) is 47.9 Å². The first-order valence-electron chi connectivity index (χ1n) is 10.3. The molecule has 0 bridgehead atoms. The number of rotatable bonds is 7. The lowest BCUT2D eigenvalue weighted by molar-refractivity contribution is -0.135. The summed E-state index contributed by atoms with van der Waals surface area (Å²) in [6.07, 6.45) is 4.35. The van der Waals surface area contributed by atoms with Gasteiger partial charge >= 0.3 is 0 Å². The summed E-state index contributed by atoms with van der Waals surface area (Å²) in [6.45, 7) is 4.48. The van der Waals surface area contributed by atoms with E-state index in [0.29, 0.717) is 30.3 Å². The molecule has 1 aromatic carbocycles. The molecule has 7 heteroatoms. The molecule has 0 radical (unpaired) electrons. The summed E-state index contributed by atoms with van der Waals surface area (Å²) < 4.78 is 11.4. The van der Waals surface area contributed by atoms with E-state index in [0.717, 1.165) is 5.56 Å². The zero-order valence-electron chi connectivity index (χ0n) is 17.6. The third kappa shape index (κ3) is 4.60. The summed E-state index contributed by atoms with van der Waals surface area (Å²) >= 11 is 0. The number of benzene rings is 1. The molecule has 7 nitrogen and oxygen atoms in total. The summed E-state index contributed by atoms with van der Waals surface area (Å²) in [5.41, 5.74) is 1.56. The highest BCUT2D eigenvalue weighted by Crippen LogP contribution is 2.35. The minimum atomic E-state index is -0.624. The van der Waals surface area contributed by atoms with Crippen molar-refractivity contribution < 1.29 is 18.7 Å². The van der Waals surface area contributed by atoms with Gasteiger partial charge in [-0.2, -0.15) is 0 Å². The molecule has 2 aromatic heterocycles. The highest BCUT2D eigenvalue weighted by Gasteiger charge is 2.37. The van der Waals surface area contributed by atoms with Crippen molar-refractivity contribution in [2.24, 2.45) is 5.92 Å². The van der Waals surface area contributed by atoms with Gasteiger partial charge in [0.1, 0.15) is 18.1 Å². The Morgan fingerprint density at radius 2 is 1.87 bits per heavy atom. The predicted octanol–water partition coefficient (Wildman–Crippen LogP) is 3.65. The van der Waals surface area contributed by atoms with Gasteiger partial charge in [-0.1, -0.05) is 26.0 Å². The number of nitrogens with zero attached hydrogens (tertiary/aromatic N) is 3. The lowest BCUT2D eigenvalue weighted by atomic mass is 10.0. The number of anilines is 1. The van der Waals surface area contributed by atoms with Crippen molar-refractivity contribution in [3.8, 4) is 5.75 Å². The van der Waals surface area contributed by atoms with Gasteiger partial charge in [-0.15, -0.1) is 0 Å². The van der Waals surface area contributed by atoms with Crippen molar-refractivity contribution in [2.45, 2.75) is 33.0 Å². The van der Waals surface area contributed by atoms with E-state index in [-0.39, 0.29) is 24.3 Å². The van der Waals surface area contributed by atoms with Crippen molar-refractivity contribution in [3.05, 3.63) is 78.5 Å². The molecule has 3 heterocycles. The van der Waals surface area contributed by atoms with Crippen LogP contribution in [-0.2, 0) is 22.7 Å². The normalized spacial score (nSPS) is 15.5. The Balaban J connectivity index is 1.60. The Kier molecular flexibility index (Phi) is 6.02. The molecule has 0 unspecified atom stereocenters. The second-order valence-electron chi connectivity index (χ2n) is 7.86. The lowest BCUT2D eigenvalue weighted by Crippen LogP contribution is -2.51. The number of pyridine rings is 1. The van der Waals surface area contributed by atoms with E-state index in [1.54, 1.807) is 35.7 Å². The number of furan rings is 1. The van der Waals surface area contributed by atoms with Gasteiger partial charge in [0.25, 0.3) is 5.91 Å². The molecule has 0 saturated carbocycles. The van der Waals surface area contributed by atoms with Crippen LogP contribution in [0.25, 0.3) is 0 Å². The molecule has 0 spiro atoms. The van der Waals surface area contributed by atoms with Crippen LogP contribution in [0.2, 0.25) is 0 Å². The van der Waals surface area contributed by atoms with E-state index >= 15 is 0 Å². The molecule has 1 aliphatic rings. The number of carbonyl (C=O) groups excluding carboxylic acids is 2. The summed E-state index contributed by atoms with van der Waals surface area (Å²) in [6, 6.07) is 14.7. The van der Waals surface area contributed by atoms with Crippen LogP contribution in [0.5, 0.6) is 5.75 Å². The van der Waals surface area contributed by atoms with Gasteiger partial charge in [-0.3, -0.25) is 19.5 Å². The minimum Gasteiger partial charge on any atom is -0.478 e. The van der Waals surface area contributed by atoms with E-state index in [9.17, 15) is 9.59 Å². The SMILES string of the molecule is CC(C)[C@H]1Oc2ccccc2N(CC(=O)N(Cc2ccncc2)Cc2ccco2)C1=O. The average Bonchev–Trinajstić information content (AvgIpc) is 3.28. The third-order valence-electron chi connectivity index (χ3n) is 5.22. The standard InChI is InChI=1S/C24H25N3O4/c1-17(2)23-24(29)27(20-7-3-4-8-21(20)31-23)16-22(28)26(15-19-6-5-13-30-19)14-18-9-11-25-12-10-18/h3-13,17,23H,14-16H2,1-2H3/t23-/m1/s1. The van der Waals surface area contributed by atoms with Gasteiger partial charge < -0.3 is 14.1 Å². The summed E-state index contributed by atoms with van der Waals surface area (Å²) in [7, 11) is 0. The number of amides is 2. The second kappa shape index (κ2) is 9.04. The van der Waals surface area contributed by atoms with Crippen molar-refractivity contribution in [2.75, 3.05) is 11.4 Å². The molecule has 3 aromatic rings. The molecule has 1 aliphatic heterocycles. The molecule has 0 aliphatic carbocycles. The van der Waals surface area contributed by atoms with E-state index in [1.165, 1.54) is 4.90 Å². The summed E-state index contributed by atoms with van der Waals surface area (Å²) in [5, 5.41) is 0. The molecule has 160 valence electrons. The molecule has 0 fully saturated rings. The number of carbonyl (C=O) groups is 2. The van der Waals surface area contributed by atoms with Gasteiger partial charge in [0.2, 0.25) is 5.91 Å². The Morgan fingerprint density at radius 1 is 1.10 bits per heavy atom. The van der Waals surface area contributed by atoms with Crippen LogP contribution in [-0.4, -0.2) is 34.3 Å². The zero-order chi connectivity index (χ0) is 21.8. The van der Waals surface area contributed by atoms with Crippen LogP contribution < -0.4 is 9.64 Å². The van der Waals surface area contributed by atoms with Gasteiger partial charge in [0.15, 0.2) is 6.10 Å². The van der Waals surface area contributed by atoms with Gasteiger partial charge in [0.05, 0.1) is 18.5 Å². The fourth-order valence-electron chi connectivity index (χ4n) is 3.59. The highest BCUT2D eigenvalue weighted by atomic mass is 16.5. The average molecular weight is 419 g/mol. The van der Waals surface area contributed by atoms with E-state index in [1.807, 2.05) is 50.2 Å².